The van der Waals surface area contributed by atoms with Gasteiger partial charge in [0.1, 0.15) is 5.82 Å². The number of carbonyl (C=O) groups is 2. The van der Waals surface area contributed by atoms with Gasteiger partial charge in [-0.15, -0.1) is 11.3 Å². The molecule has 0 radical (unpaired) electrons. The van der Waals surface area contributed by atoms with Gasteiger partial charge >= 0.3 is 0 Å². The van der Waals surface area contributed by atoms with E-state index in [1.807, 2.05) is 18.2 Å². The van der Waals surface area contributed by atoms with Crippen molar-refractivity contribution in [2.75, 3.05) is 23.7 Å². The number of hydrogen-bond donors (Lipinski definition) is 2. The van der Waals surface area contributed by atoms with Crippen molar-refractivity contribution in [2.45, 2.75) is 26.3 Å². The molecule has 3 aromatic rings. The number of rotatable bonds is 6. The van der Waals surface area contributed by atoms with Crippen LogP contribution in [0.2, 0.25) is 0 Å². The van der Waals surface area contributed by atoms with Crippen molar-refractivity contribution < 1.29 is 14.0 Å². The summed E-state index contributed by atoms with van der Waals surface area (Å²) >= 11 is 1.27. The number of hydrogen-bond acceptors (Lipinski definition) is 5. The number of nitrogens with zero attached hydrogens (tertiary/aromatic N) is 2. The van der Waals surface area contributed by atoms with E-state index in [-0.39, 0.29) is 17.7 Å². The molecule has 2 amide bonds. The average molecular weight is 453 g/mol. The molecule has 1 saturated heterocycles. The molecule has 4 rings (SSSR count). The van der Waals surface area contributed by atoms with Gasteiger partial charge in [-0.3, -0.25) is 14.5 Å². The maximum absolute atomic E-state index is 14.5. The predicted octanol–water partition coefficient (Wildman–Crippen LogP) is 4.76. The van der Waals surface area contributed by atoms with Gasteiger partial charge in [-0.2, -0.15) is 0 Å². The topological polar surface area (TPSA) is 74.3 Å². The molecule has 1 aliphatic rings. The van der Waals surface area contributed by atoms with Crippen molar-refractivity contribution in [2.24, 2.45) is 5.92 Å². The first kappa shape index (κ1) is 22.1. The molecule has 0 saturated carbocycles. The average Bonchev–Trinajstić information content (AvgIpc) is 3.22. The Labute approximate surface area is 190 Å². The number of piperidine rings is 1. The van der Waals surface area contributed by atoms with Crippen LogP contribution < -0.4 is 10.6 Å². The normalized spacial score (nSPS) is 16.5. The Bertz CT molecular complexity index is 1100. The summed E-state index contributed by atoms with van der Waals surface area (Å²) < 4.78 is 14.5. The molecule has 1 aromatic heterocycles. The van der Waals surface area contributed by atoms with Crippen LogP contribution in [0, 0.1) is 11.7 Å². The van der Waals surface area contributed by atoms with Crippen molar-refractivity contribution in [3.05, 3.63) is 65.3 Å². The Hall–Kier alpha value is -3.10. The zero-order chi connectivity index (χ0) is 22.5. The summed E-state index contributed by atoms with van der Waals surface area (Å²) in [6.45, 7) is 3.89. The second-order valence-electron chi connectivity index (χ2n) is 7.96. The van der Waals surface area contributed by atoms with Crippen LogP contribution in [0.1, 0.15) is 25.3 Å². The van der Waals surface area contributed by atoms with Crippen molar-refractivity contribution in [1.82, 2.24) is 9.88 Å². The lowest BCUT2D eigenvalue weighted by Gasteiger charge is -2.31. The quantitative estimate of drug-likeness (QED) is 0.566. The van der Waals surface area contributed by atoms with Gasteiger partial charge in [-0.05, 0) is 43.1 Å². The highest BCUT2D eigenvalue weighted by molar-refractivity contribution is 7.14. The van der Waals surface area contributed by atoms with Gasteiger partial charge in [-0.25, -0.2) is 9.37 Å². The molecule has 0 aliphatic carbocycles. The summed E-state index contributed by atoms with van der Waals surface area (Å²) in [5, 5.41) is 7.63. The third kappa shape index (κ3) is 5.57. The molecule has 8 heteroatoms. The van der Waals surface area contributed by atoms with E-state index < -0.39 is 5.82 Å². The number of benzene rings is 2. The molecule has 0 spiro atoms. The van der Waals surface area contributed by atoms with Crippen LogP contribution in [0.4, 0.5) is 15.2 Å². The second-order valence-corrected chi connectivity index (χ2v) is 8.82. The van der Waals surface area contributed by atoms with Gasteiger partial charge in [0, 0.05) is 36.6 Å². The van der Waals surface area contributed by atoms with E-state index in [1.165, 1.54) is 29.9 Å². The van der Waals surface area contributed by atoms with E-state index in [0.717, 1.165) is 25.9 Å². The van der Waals surface area contributed by atoms with E-state index >= 15 is 0 Å². The van der Waals surface area contributed by atoms with E-state index in [9.17, 15) is 14.0 Å². The Morgan fingerprint density at radius 1 is 1.19 bits per heavy atom. The lowest BCUT2D eigenvalue weighted by Crippen LogP contribution is -2.40. The smallest absolute Gasteiger partial charge is 0.230 e. The molecule has 6 nitrogen and oxygen atoms in total. The Kier molecular flexibility index (Phi) is 6.92. The van der Waals surface area contributed by atoms with Crippen LogP contribution in [-0.2, 0) is 16.1 Å². The number of halogens is 1. The molecule has 1 atom stereocenters. The lowest BCUT2D eigenvalue weighted by atomic mass is 9.97. The van der Waals surface area contributed by atoms with E-state index in [4.69, 9.17) is 0 Å². The second kappa shape index (κ2) is 10.0. The van der Waals surface area contributed by atoms with E-state index in [0.29, 0.717) is 28.6 Å². The third-order valence-corrected chi connectivity index (χ3v) is 6.18. The van der Waals surface area contributed by atoms with Crippen molar-refractivity contribution >= 4 is 34.0 Å². The summed E-state index contributed by atoms with van der Waals surface area (Å²) in [6.07, 6.45) is 1.81. The highest BCUT2D eigenvalue weighted by atomic mass is 32.1. The molecule has 1 aliphatic heterocycles. The number of thiazole rings is 1. The Morgan fingerprint density at radius 2 is 2.00 bits per heavy atom. The molecule has 166 valence electrons. The molecule has 32 heavy (non-hydrogen) atoms. The molecule has 1 unspecified atom stereocenters. The number of amides is 2. The number of carbonyl (C=O) groups excluding carboxylic acids is 2. The van der Waals surface area contributed by atoms with Gasteiger partial charge in [0.25, 0.3) is 0 Å². The number of anilines is 2. The monoisotopic (exact) mass is 452 g/mol. The molecule has 2 aromatic carbocycles. The number of aromatic nitrogens is 1. The molecule has 2 heterocycles. The summed E-state index contributed by atoms with van der Waals surface area (Å²) in [6, 6.07) is 14.7. The van der Waals surface area contributed by atoms with Gasteiger partial charge in [0.2, 0.25) is 11.8 Å². The SMILES string of the molecule is CC(=O)Nc1ccc(-c2csc(NC(=O)C3CCCN(Cc4ccccc4)C3)n2)c(F)c1. The maximum Gasteiger partial charge on any atom is 0.230 e. The first-order valence-corrected chi connectivity index (χ1v) is 11.5. The molecular formula is C24H25FN4O2S. The molecule has 2 N–H and O–H groups in total. The first-order chi connectivity index (χ1) is 15.5. The summed E-state index contributed by atoms with van der Waals surface area (Å²) in [5.74, 6) is -0.900. The van der Waals surface area contributed by atoms with E-state index in [1.54, 1.807) is 17.5 Å². The Morgan fingerprint density at radius 3 is 2.75 bits per heavy atom. The van der Waals surface area contributed by atoms with Crippen LogP contribution in [-0.4, -0.2) is 34.8 Å². The number of nitrogens with one attached hydrogen (secondary N) is 2. The van der Waals surface area contributed by atoms with Crippen LogP contribution in [0.3, 0.4) is 0 Å². The Balaban J connectivity index is 1.38. The van der Waals surface area contributed by atoms with Gasteiger partial charge in [0.05, 0.1) is 11.6 Å². The highest BCUT2D eigenvalue weighted by Gasteiger charge is 2.26. The fraction of sp³-hybridized carbons (Fsp3) is 0.292. The van der Waals surface area contributed by atoms with Crippen LogP contribution in [0.15, 0.2) is 53.9 Å². The minimum Gasteiger partial charge on any atom is -0.326 e. The molecular weight excluding hydrogens is 427 g/mol. The van der Waals surface area contributed by atoms with Crippen LogP contribution in [0.25, 0.3) is 11.3 Å². The molecule has 0 bridgehead atoms. The fourth-order valence-electron chi connectivity index (χ4n) is 3.92. The third-order valence-electron chi connectivity index (χ3n) is 5.43. The van der Waals surface area contributed by atoms with Gasteiger partial charge in [-0.1, -0.05) is 30.3 Å². The van der Waals surface area contributed by atoms with Crippen LogP contribution >= 0.6 is 11.3 Å². The highest BCUT2D eigenvalue weighted by Crippen LogP contribution is 2.29. The minimum atomic E-state index is -0.483. The largest absolute Gasteiger partial charge is 0.326 e. The predicted molar refractivity (Wildman–Crippen MR) is 125 cm³/mol. The lowest BCUT2D eigenvalue weighted by molar-refractivity contribution is -0.121. The summed E-state index contributed by atoms with van der Waals surface area (Å²) in [7, 11) is 0. The van der Waals surface area contributed by atoms with E-state index in [2.05, 4.69) is 32.7 Å². The first-order valence-electron chi connectivity index (χ1n) is 10.6. The maximum atomic E-state index is 14.5. The summed E-state index contributed by atoms with van der Waals surface area (Å²) in [5.41, 5.74) is 2.40. The van der Waals surface area contributed by atoms with Crippen molar-refractivity contribution in [1.29, 1.82) is 0 Å². The van der Waals surface area contributed by atoms with Crippen molar-refractivity contribution in [3.63, 3.8) is 0 Å². The zero-order valence-corrected chi connectivity index (χ0v) is 18.6. The van der Waals surface area contributed by atoms with Gasteiger partial charge in [0.15, 0.2) is 5.13 Å². The standard InChI is InChI=1S/C24H25FN4O2S/c1-16(30)26-19-9-10-20(21(25)12-19)22-15-32-24(27-22)28-23(31)18-8-5-11-29(14-18)13-17-6-3-2-4-7-17/h2-4,6-7,9-10,12,15,18H,5,8,11,13-14H2,1H3,(H,26,30)(H,27,28,31). The fourth-order valence-corrected chi connectivity index (χ4v) is 4.63. The van der Waals surface area contributed by atoms with Crippen molar-refractivity contribution in [3.8, 4) is 11.3 Å². The molecule has 1 fully saturated rings. The summed E-state index contributed by atoms with van der Waals surface area (Å²) in [4.78, 5) is 30.7. The number of likely N-dealkylation sites (tertiary alicyclic amines) is 1. The zero-order valence-electron chi connectivity index (χ0n) is 17.8. The van der Waals surface area contributed by atoms with Crippen LogP contribution in [0.5, 0.6) is 0 Å². The minimum absolute atomic E-state index is 0.0508. The van der Waals surface area contributed by atoms with Gasteiger partial charge < -0.3 is 10.6 Å².